The lowest BCUT2D eigenvalue weighted by Gasteiger charge is -2.25. The zero-order valence-electron chi connectivity index (χ0n) is 19.0. The lowest BCUT2D eigenvalue weighted by Crippen LogP contribution is -2.40. The van der Waals surface area contributed by atoms with Crippen molar-refractivity contribution in [3.05, 3.63) is 92.9 Å². The van der Waals surface area contributed by atoms with E-state index in [1.54, 1.807) is 50.2 Å². The molecule has 0 heterocycles. The third-order valence-corrected chi connectivity index (χ3v) is 7.70. The van der Waals surface area contributed by atoms with Gasteiger partial charge in [0.25, 0.3) is 15.9 Å². The standard InChI is InChI=1S/C24H20BrClF3N3O3S/c1-15-3-10-20(11-4-15)36(34,35)32(19-9-12-22(26)21(13-19)24(27,28)29)14-23(33)31-30-16(2)17-5-7-18(25)8-6-17/h3-13H,14H2,1-2H3,(H,31,33)/b30-16-. The van der Waals surface area contributed by atoms with Crippen molar-refractivity contribution in [3.8, 4) is 0 Å². The molecule has 3 aromatic rings. The van der Waals surface area contributed by atoms with Crippen LogP contribution >= 0.6 is 27.5 Å². The predicted molar refractivity (Wildman–Crippen MR) is 137 cm³/mol. The van der Waals surface area contributed by atoms with Crippen molar-refractivity contribution in [3.63, 3.8) is 0 Å². The minimum absolute atomic E-state index is 0.195. The van der Waals surface area contributed by atoms with E-state index in [1.807, 2.05) is 0 Å². The number of carbonyl (C=O) groups excluding carboxylic acids is 1. The number of hydrogen-bond acceptors (Lipinski definition) is 4. The van der Waals surface area contributed by atoms with Gasteiger partial charge in [-0.15, -0.1) is 0 Å². The Labute approximate surface area is 220 Å². The maximum atomic E-state index is 13.5. The Hall–Kier alpha value is -2.89. The summed E-state index contributed by atoms with van der Waals surface area (Å²) in [7, 11) is -4.43. The molecule has 3 rings (SSSR count). The normalized spacial score (nSPS) is 12.4. The molecule has 0 aliphatic rings. The molecule has 0 saturated carbocycles. The number of nitrogens with one attached hydrogen (secondary N) is 1. The van der Waals surface area contributed by atoms with E-state index in [0.29, 0.717) is 21.6 Å². The molecule has 0 radical (unpaired) electrons. The van der Waals surface area contributed by atoms with Gasteiger partial charge in [0.1, 0.15) is 6.54 Å². The molecular formula is C24H20BrClF3N3O3S. The lowest BCUT2D eigenvalue weighted by atomic mass is 10.1. The first kappa shape index (κ1) is 27.7. The first-order valence-electron chi connectivity index (χ1n) is 10.3. The number of alkyl halides is 3. The predicted octanol–water partition coefficient (Wildman–Crippen LogP) is 6.17. The monoisotopic (exact) mass is 601 g/mol. The fourth-order valence-electron chi connectivity index (χ4n) is 3.11. The van der Waals surface area contributed by atoms with Gasteiger partial charge in [-0.25, -0.2) is 13.8 Å². The van der Waals surface area contributed by atoms with Crippen LogP contribution < -0.4 is 9.73 Å². The molecule has 0 unspecified atom stereocenters. The number of benzene rings is 3. The number of rotatable bonds is 7. The first-order valence-corrected chi connectivity index (χ1v) is 13.0. The molecule has 0 aromatic heterocycles. The van der Waals surface area contributed by atoms with Crippen molar-refractivity contribution < 1.29 is 26.4 Å². The van der Waals surface area contributed by atoms with Gasteiger partial charge in [-0.3, -0.25) is 9.10 Å². The Morgan fingerprint density at radius 1 is 1.06 bits per heavy atom. The highest BCUT2D eigenvalue weighted by atomic mass is 79.9. The molecule has 6 nitrogen and oxygen atoms in total. The maximum Gasteiger partial charge on any atom is 0.417 e. The summed E-state index contributed by atoms with van der Waals surface area (Å²) >= 11 is 9.02. The van der Waals surface area contributed by atoms with E-state index in [-0.39, 0.29) is 10.6 Å². The lowest BCUT2D eigenvalue weighted by molar-refractivity contribution is -0.137. The summed E-state index contributed by atoms with van der Waals surface area (Å²) in [6.07, 6.45) is -4.83. The van der Waals surface area contributed by atoms with Gasteiger partial charge in [0.05, 0.1) is 26.9 Å². The fourth-order valence-corrected chi connectivity index (χ4v) is 5.01. The van der Waals surface area contributed by atoms with Crippen LogP contribution in [0.3, 0.4) is 0 Å². The van der Waals surface area contributed by atoms with Crippen LogP contribution in [0.4, 0.5) is 18.9 Å². The second-order valence-electron chi connectivity index (χ2n) is 7.73. The summed E-state index contributed by atoms with van der Waals surface area (Å²) in [6, 6.07) is 15.4. The zero-order chi connectivity index (χ0) is 26.7. The molecule has 0 fully saturated rings. The van der Waals surface area contributed by atoms with Crippen LogP contribution in [-0.2, 0) is 21.0 Å². The number of hydrazone groups is 1. The third-order valence-electron chi connectivity index (χ3n) is 5.05. The minimum Gasteiger partial charge on any atom is -0.271 e. The second-order valence-corrected chi connectivity index (χ2v) is 10.9. The first-order chi connectivity index (χ1) is 16.8. The van der Waals surface area contributed by atoms with Crippen molar-refractivity contribution in [1.29, 1.82) is 0 Å². The Bertz CT molecular complexity index is 1390. The van der Waals surface area contributed by atoms with Gasteiger partial charge in [0, 0.05) is 4.47 Å². The van der Waals surface area contributed by atoms with Crippen LogP contribution in [-0.4, -0.2) is 26.6 Å². The summed E-state index contributed by atoms with van der Waals surface area (Å²) < 4.78 is 68.6. The van der Waals surface area contributed by atoms with Gasteiger partial charge in [-0.05, 0) is 61.9 Å². The van der Waals surface area contributed by atoms with Crippen molar-refractivity contribution in [2.45, 2.75) is 24.9 Å². The van der Waals surface area contributed by atoms with Crippen LogP contribution in [0.15, 0.2) is 81.2 Å². The van der Waals surface area contributed by atoms with Crippen LogP contribution in [0.5, 0.6) is 0 Å². The van der Waals surface area contributed by atoms with Crippen LogP contribution in [0.25, 0.3) is 0 Å². The van der Waals surface area contributed by atoms with Gasteiger partial charge in [0.15, 0.2) is 0 Å². The van der Waals surface area contributed by atoms with Crippen molar-refractivity contribution in [2.24, 2.45) is 5.10 Å². The Morgan fingerprint density at radius 2 is 1.67 bits per heavy atom. The van der Waals surface area contributed by atoms with E-state index in [0.717, 1.165) is 22.2 Å². The molecule has 0 bridgehead atoms. The van der Waals surface area contributed by atoms with Gasteiger partial charge in [-0.1, -0.05) is 57.4 Å². The average molecular weight is 603 g/mol. The Morgan fingerprint density at radius 3 is 2.25 bits per heavy atom. The number of halogens is 5. The van der Waals surface area contributed by atoms with E-state index < -0.39 is 39.2 Å². The largest absolute Gasteiger partial charge is 0.417 e. The van der Waals surface area contributed by atoms with E-state index in [9.17, 15) is 26.4 Å². The topological polar surface area (TPSA) is 78.8 Å². The number of carbonyl (C=O) groups is 1. The fraction of sp³-hybridized carbons (Fsp3) is 0.167. The van der Waals surface area contributed by atoms with E-state index in [1.165, 1.54) is 12.1 Å². The van der Waals surface area contributed by atoms with Crippen LogP contribution in [0, 0.1) is 6.92 Å². The number of sulfonamides is 1. The molecule has 0 spiro atoms. The van der Waals surface area contributed by atoms with Crippen molar-refractivity contribution in [1.82, 2.24) is 5.43 Å². The van der Waals surface area contributed by atoms with Gasteiger partial charge < -0.3 is 0 Å². The third kappa shape index (κ3) is 6.65. The van der Waals surface area contributed by atoms with E-state index in [4.69, 9.17) is 11.6 Å². The highest BCUT2D eigenvalue weighted by molar-refractivity contribution is 9.10. The van der Waals surface area contributed by atoms with Crippen LogP contribution in [0.2, 0.25) is 5.02 Å². The SMILES string of the molecule is C/C(=N/NC(=O)CN(c1ccc(Cl)c(C(F)(F)F)c1)S(=O)(=O)c1ccc(C)cc1)c1ccc(Br)cc1. The number of aryl methyl sites for hydroxylation is 1. The molecule has 1 N–H and O–H groups in total. The maximum absolute atomic E-state index is 13.5. The molecule has 0 saturated heterocycles. The summed E-state index contributed by atoms with van der Waals surface area (Å²) in [6.45, 7) is 2.56. The number of anilines is 1. The van der Waals surface area contributed by atoms with Crippen molar-refractivity contribution in [2.75, 3.05) is 10.8 Å². The smallest absolute Gasteiger partial charge is 0.271 e. The Balaban J connectivity index is 1.97. The van der Waals surface area contributed by atoms with E-state index >= 15 is 0 Å². The highest BCUT2D eigenvalue weighted by Gasteiger charge is 2.35. The number of hydrogen-bond donors (Lipinski definition) is 1. The van der Waals surface area contributed by atoms with Gasteiger partial charge >= 0.3 is 6.18 Å². The van der Waals surface area contributed by atoms with Gasteiger partial charge in [0.2, 0.25) is 0 Å². The molecule has 3 aromatic carbocycles. The quantitative estimate of drug-likeness (QED) is 0.260. The minimum atomic E-state index is -4.83. The van der Waals surface area contributed by atoms with Crippen LogP contribution in [0.1, 0.15) is 23.6 Å². The molecule has 0 atom stereocenters. The summed E-state index contributed by atoms with van der Waals surface area (Å²) in [5.41, 5.74) is 2.59. The molecule has 1 amide bonds. The summed E-state index contributed by atoms with van der Waals surface area (Å²) in [5.74, 6) is -0.856. The molecule has 0 aliphatic carbocycles. The Kier molecular flexibility index (Phi) is 8.48. The molecular weight excluding hydrogens is 583 g/mol. The zero-order valence-corrected chi connectivity index (χ0v) is 22.1. The summed E-state index contributed by atoms with van der Waals surface area (Å²) in [5, 5.41) is 3.39. The summed E-state index contributed by atoms with van der Waals surface area (Å²) in [4.78, 5) is 12.5. The second kappa shape index (κ2) is 11.0. The molecule has 0 aliphatic heterocycles. The van der Waals surface area contributed by atoms with Crippen molar-refractivity contribution >= 4 is 54.9 Å². The molecule has 12 heteroatoms. The number of amides is 1. The van der Waals surface area contributed by atoms with E-state index in [2.05, 4.69) is 26.5 Å². The molecule has 36 heavy (non-hydrogen) atoms. The highest BCUT2D eigenvalue weighted by Crippen LogP contribution is 2.38. The number of nitrogens with zero attached hydrogens (tertiary/aromatic N) is 2. The average Bonchev–Trinajstić information content (AvgIpc) is 2.81. The molecule has 190 valence electrons. The van der Waals surface area contributed by atoms with Gasteiger partial charge in [-0.2, -0.15) is 18.3 Å².